The third-order valence-corrected chi connectivity index (χ3v) is 3.28. The normalized spacial score (nSPS) is 17.9. The number of nitrogens with two attached hydrogens (primary N) is 1. The van der Waals surface area contributed by atoms with Crippen molar-refractivity contribution in [2.24, 2.45) is 0 Å². The molecule has 0 amide bonds. The topological polar surface area (TPSA) is 16.6 Å². The van der Waals surface area contributed by atoms with Crippen molar-refractivity contribution in [3.8, 4) is 0 Å². The lowest BCUT2D eigenvalue weighted by atomic mass is 9.95. The van der Waals surface area contributed by atoms with E-state index >= 15 is 0 Å². The summed E-state index contributed by atoms with van der Waals surface area (Å²) < 4.78 is 13.3. The van der Waals surface area contributed by atoms with E-state index in [9.17, 15) is 4.39 Å². The summed E-state index contributed by atoms with van der Waals surface area (Å²) >= 11 is 0. The second-order valence-corrected chi connectivity index (χ2v) is 4.43. The molecule has 2 rings (SSSR count). The SMILES string of the molecule is Fc1ccccc1C[NH2+]C1CCCCC1. The van der Waals surface area contributed by atoms with Crippen LogP contribution in [0.4, 0.5) is 4.39 Å². The molecule has 1 aromatic carbocycles. The van der Waals surface area contributed by atoms with E-state index in [2.05, 4.69) is 5.32 Å². The summed E-state index contributed by atoms with van der Waals surface area (Å²) in [5.74, 6) is -0.0652. The second kappa shape index (κ2) is 5.26. The monoisotopic (exact) mass is 208 g/mol. The number of hydrogen-bond donors (Lipinski definition) is 1. The molecule has 0 radical (unpaired) electrons. The van der Waals surface area contributed by atoms with Crippen LogP contribution in [0.5, 0.6) is 0 Å². The quantitative estimate of drug-likeness (QED) is 0.784. The molecule has 1 aliphatic rings. The van der Waals surface area contributed by atoms with Gasteiger partial charge in [0.25, 0.3) is 0 Å². The van der Waals surface area contributed by atoms with Crippen LogP contribution in [0.25, 0.3) is 0 Å². The minimum absolute atomic E-state index is 0.0652. The Labute approximate surface area is 90.7 Å². The van der Waals surface area contributed by atoms with E-state index in [1.54, 1.807) is 12.1 Å². The molecular weight excluding hydrogens is 189 g/mol. The molecule has 15 heavy (non-hydrogen) atoms. The predicted octanol–water partition coefficient (Wildman–Crippen LogP) is 2.22. The van der Waals surface area contributed by atoms with Crippen molar-refractivity contribution in [3.63, 3.8) is 0 Å². The van der Waals surface area contributed by atoms with Crippen LogP contribution in [-0.2, 0) is 6.54 Å². The summed E-state index contributed by atoms with van der Waals surface area (Å²) in [7, 11) is 0. The molecule has 0 aromatic heterocycles. The molecular formula is C13H19FN+. The maximum atomic E-state index is 13.3. The molecule has 0 atom stereocenters. The lowest BCUT2D eigenvalue weighted by Crippen LogP contribution is -2.88. The van der Waals surface area contributed by atoms with Crippen LogP contribution in [-0.4, -0.2) is 6.04 Å². The van der Waals surface area contributed by atoms with E-state index in [4.69, 9.17) is 0 Å². The Morgan fingerprint density at radius 1 is 1.13 bits per heavy atom. The van der Waals surface area contributed by atoms with Crippen molar-refractivity contribution < 1.29 is 9.71 Å². The largest absolute Gasteiger partial charge is 0.340 e. The van der Waals surface area contributed by atoms with Gasteiger partial charge in [0.1, 0.15) is 12.4 Å². The van der Waals surface area contributed by atoms with Gasteiger partial charge in [0, 0.05) is 5.56 Å². The highest BCUT2D eigenvalue weighted by Crippen LogP contribution is 2.15. The predicted molar refractivity (Wildman–Crippen MR) is 58.9 cm³/mol. The zero-order chi connectivity index (χ0) is 10.5. The Hall–Kier alpha value is -0.890. The molecule has 1 nitrogen and oxygen atoms in total. The molecule has 1 aliphatic carbocycles. The van der Waals surface area contributed by atoms with Crippen molar-refractivity contribution in [2.45, 2.75) is 44.7 Å². The molecule has 1 saturated carbocycles. The molecule has 0 unspecified atom stereocenters. The van der Waals surface area contributed by atoms with E-state index in [1.165, 1.54) is 32.1 Å². The van der Waals surface area contributed by atoms with Crippen LogP contribution < -0.4 is 5.32 Å². The van der Waals surface area contributed by atoms with Gasteiger partial charge in [-0.3, -0.25) is 0 Å². The van der Waals surface area contributed by atoms with Crippen LogP contribution in [0.3, 0.4) is 0 Å². The summed E-state index contributed by atoms with van der Waals surface area (Å²) in [4.78, 5) is 0. The highest BCUT2D eigenvalue weighted by atomic mass is 19.1. The smallest absolute Gasteiger partial charge is 0.132 e. The Kier molecular flexibility index (Phi) is 3.73. The Bertz CT molecular complexity index is 305. The highest BCUT2D eigenvalue weighted by Gasteiger charge is 2.16. The number of halogens is 1. The first kappa shape index (κ1) is 10.6. The van der Waals surface area contributed by atoms with E-state index in [-0.39, 0.29) is 5.82 Å². The second-order valence-electron chi connectivity index (χ2n) is 4.43. The first-order chi connectivity index (χ1) is 7.36. The molecule has 1 aromatic rings. The first-order valence-electron chi connectivity index (χ1n) is 5.93. The van der Waals surface area contributed by atoms with Crippen molar-refractivity contribution in [3.05, 3.63) is 35.6 Å². The molecule has 0 aliphatic heterocycles. The lowest BCUT2D eigenvalue weighted by Gasteiger charge is -2.19. The molecule has 2 N–H and O–H groups in total. The number of hydrogen-bond acceptors (Lipinski definition) is 0. The maximum Gasteiger partial charge on any atom is 0.132 e. The van der Waals surface area contributed by atoms with Gasteiger partial charge in [-0.2, -0.15) is 0 Å². The van der Waals surface area contributed by atoms with Gasteiger partial charge in [-0.25, -0.2) is 4.39 Å². The van der Waals surface area contributed by atoms with E-state index < -0.39 is 0 Å². The summed E-state index contributed by atoms with van der Waals surface area (Å²) in [6, 6.07) is 7.81. The van der Waals surface area contributed by atoms with Gasteiger partial charge in [-0.15, -0.1) is 0 Å². The summed E-state index contributed by atoms with van der Waals surface area (Å²) in [6.45, 7) is 0.789. The van der Waals surface area contributed by atoms with Crippen LogP contribution in [0.2, 0.25) is 0 Å². The summed E-state index contributed by atoms with van der Waals surface area (Å²) in [6.07, 6.45) is 6.67. The lowest BCUT2D eigenvalue weighted by molar-refractivity contribution is -0.707. The van der Waals surface area contributed by atoms with Crippen LogP contribution in [0, 0.1) is 5.82 Å². The van der Waals surface area contributed by atoms with Gasteiger partial charge in [-0.1, -0.05) is 24.6 Å². The van der Waals surface area contributed by atoms with Gasteiger partial charge >= 0.3 is 0 Å². The fourth-order valence-corrected chi connectivity index (χ4v) is 2.33. The molecule has 1 fully saturated rings. The van der Waals surface area contributed by atoms with Gasteiger partial charge in [0.15, 0.2) is 0 Å². The van der Waals surface area contributed by atoms with E-state index in [1.807, 2.05) is 12.1 Å². The van der Waals surface area contributed by atoms with Gasteiger partial charge in [0.05, 0.1) is 6.04 Å². The van der Waals surface area contributed by atoms with Crippen molar-refractivity contribution in [2.75, 3.05) is 0 Å². The first-order valence-corrected chi connectivity index (χ1v) is 5.93. The number of quaternary nitrogens is 1. The average molecular weight is 208 g/mol. The average Bonchev–Trinajstić information content (AvgIpc) is 2.29. The molecule has 0 heterocycles. The Morgan fingerprint density at radius 3 is 2.60 bits per heavy atom. The van der Waals surface area contributed by atoms with Crippen LogP contribution in [0.15, 0.2) is 24.3 Å². The minimum Gasteiger partial charge on any atom is -0.340 e. The minimum atomic E-state index is -0.0652. The Balaban J connectivity index is 1.84. The molecule has 0 saturated heterocycles. The Morgan fingerprint density at radius 2 is 1.87 bits per heavy atom. The zero-order valence-electron chi connectivity index (χ0n) is 9.08. The summed E-state index contributed by atoms with van der Waals surface area (Å²) in [5, 5.41) is 2.30. The number of rotatable bonds is 3. The maximum absolute atomic E-state index is 13.3. The van der Waals surface area contributed by atoms with Crippen molar-refractivity contribution in [1.29, 1.82) is 0 Å². The van der Waals surface area contributed by atoms with Crippen LogP contribution in [0.1, 0.15) is 37.7 Å². The molecule has 82 valence electrons. The van der Waals surface area contributed by atoms with Gasteiger partial charge < -0.3 is 5.32 Å². The highest BCUT2D eigenvalue weighted by molar-refractivity contribution is 5.15. The molecule has 2 heteroatoms. The standard InChI is InChI=1S/C13H18FN/c14-13-9-5-4-6-11(13)10-15-12-7-2-1-3-8-12/h4-6,9,12,15H,1-3,7-8,10H2/p+1. The van der Waals surface area contributed by atoms with Gasteiger partial charge in [0.2, 0.25) is 0 Å². The fourth-order valence-electron chi connectivity index (χ4n) is 2.33. The van der Waals surface area contributed by atoms with E-state index in [0.29, 0.717) is 0 Å². The van der Waals surface area contributed by atoms with Gasteiger partial charge in [-0.05, 0) is 31.7 Å². The third kappa shape index (κ3) is 3.03. The fraction of sp³-hybridized carbons (Fsp3) is 0.538. The van der Waals surface area contributed by atoms with Crippen LogP contribution >= 0.6 is 0 Å². The number of benzene rings is 1. The summed E-state index contributed by atoms with van der Waals surface area (Å²) in [5.41, 5.74) is 0.836. The van der Waals surface area contributed by atoms with E-state index in [0.717, 1.165) is 18.2 Å². The van der Waals surface area contributed by atoms with Crippen molar-refractivity contribution >= 4 is 0 Å². The zero-order valence-corrected chi connectivity index (χ0v) is 9.08. The molecule has 0 bridgehead atoms. The van der Waals surface area contributed by atoms with Crippen molar-refractivity contribution in [1.82, 2.24) is 0 Å². The third-order valence-electron chi connectivity index (χ3n) is 3.28. The molecule has 0 spiro atoms.